The van der Waals surface area contributed by atoms with Crippen molar-refractivity contribution < 1.29 is 28.6 Å². The topological polar surface area (TPSA) is 78.9 Å². The van der Waals surface area contributed by atoms with Crippen molar-refractivity contribution in [2.45, 2.75) is 65.7 Å². The number of unbranched alkanes of at least 4 members (excludes halogenated alkanes) is 3. The van der Waals surface area contributed by atoms with Gasteiger partial charge in [0.05, 0.1) is 31.8 Å². The van der Waals surface area contributed by atoms with E-state index in [0.717, 1.165) is 44.6 Å². The van der Waals surface area contributed by atoms with Crippen molar-refractivity contribution in [3.63, 3.8) is 0 Å². The minimum Gasteiger partial charge on any atom is -0.465 e. The summed E-state index contributed by atoms with van der Waals surface area (Å²) in [5.41, 5.74) is -0.0332. The molecule has 24 heavy (non-hydrogen) atoms. The SMILES string of the molecule is CCCCOC(=O)/C=C(/CC(=O)OCCCC)C(=O)OCCCC. The Bertz CT molecular complexity index is 414. The average Bonchev–Trinajstić information content (AvgIpc) is 2.55. The molecule has 0 aromatic heterocycles. The van der Waals surface area contributed by atoms with Crippen LogP contribution in [0.1, 0.15) is 65.7 Å². The van der Waals surface area contributed by atoms with E-state index < -0.39 is 17.9 Å². The molecule has 0 aliphatic heterocycles. The largest absolute Gasteiger partial charge is 0.465 e. The van der Waals surface area contributed by atoms with Gasteiger partial charge in [0.2, 0.25) is 0 Å². The summed E-state index contributed by atoms with van der Waals surface area (Å²) in [6.07, 6.45) is 5.64. The van der Waals surface area contributed by atoms with E-state index >= 15 is 0 Å². The van der Waals surface area contributed by atoms with E-state index in [-0.39, 0.29) is 25.2 Å². The molecule has 0 heterocycles. The van der Waals surface area contributed by atoms with Crippen molar-refractivity contribution in [2.75, 3.05) is 19.8 Å². The molecule has 0 radical (unpaired) electrons. The number of carbonyl (C=O) groups is 3. The normalized spacial score (nSPS) is 11.0. The number of esters is 3. The van der Waals surface area contributed by atoms with Gasteiger partial charge in [-0.25, -0.2) is 9.59 Å². The van der Waals surface area contributed by atoms with Crippen molar-refractivity contribution in [3.8, 4) is 0 Å². The third-order valence-corrected chi connectivity index (χ3v) is 3.12. The van der Waals surface area contributed by atoms with Gasteiger partial charge in [0, 0.05) is 6.08 Å². The zero-order chi connectivity index (χ0) is 18.2. The molecule has 0 rings (SSSR count). The fourth-order valence-corrected chi connectivity index (χ4v) is 1.62. The molecule has 0 aromatic carbocycles. The molecule has 0 unspecified atom stereocenters. The predicted molar refractivity (Wildman–Crippen MR) is 90.3 cm³/mol. The van der Waals surface area contributed by atoms with Gasteiger partial charge in [-0.2, -0.15) is 0 Å². The van der Waals surface area contributed by atoms with Crippen LogP contribution in [0.3, 0.4) is 0 Å². The maximum Gasteiger partial charge on any atom is 0.334 e. The van der Waals surface area contributed by atoms with Crippen LogP contribution in [0.4, 0.5) is 0 Å². The first-order valence-electron chi connectivity index (χ1n) is 8.75. The fraction of sp³-hybridized carbons (Fsp3) is 0.722. The second-order valence-corrected chi connectivity index (χ2v) is 5.43. The van der Waals surface area contributed by atoms with E-state index in [2.05, 4.69) is 0 Å². The van der Waals surface area contributed by atoms with Gasteiger partial charge in [0.15, 0.2) is 0 Å². The second kappa shape index (κ2) is 14.7. The monoisotopic (exact) mass is 342 g/mol. The second-order valence-electron chi connectivity index (χ2n) is 5.43. The van der Waals surface area contributed by atoms with Crippen LogP contribution in [0.2, 0.25) is 0 Å². The third kappa shape index (κ3) is 11.7. The molecule has 6 heteroatoms. The molecule has 6 nitrogen and oxygen atoms in total. The Hall–Kier alpha value is -1.85. The molecule has 0 saturated carbocycles. The van der Waals surface area contributed by atoms with Crippen molar-refractivity contribution in [1.29, 1.82) is 0 Å². The number of rotatable bonds is 13. The zero-order valence-corrected chi connectivity index (χ0v) is 15.1. The highest BCUT2D eigenvalue weighted by Gasteiger charge is 2.18. The van der Waals surface area contributed by atoms with Crippen LogP contribution in [-0.2, 0) is 28.6 Å². The number of hydrogen-bond donors (Lipinski definition) is 0. The summed E-state index contributed by atoms with van der Waals surface area (Å²) >= 11 is 0. The van der Waals surface area contributed by atoms with Gasteiger partial charge in [0.1, 0.15) is 0 Å². The molecule has 0 bridgehead atoms. The van der Waals surface area contributed by atoms with Crippen LogP contribution in [0.15, 0.2) is 11.6 Å². The van der Waals surface area contributed by atoms with E-state index in [1.807, 2.05) is 20.8 Å². The molecular weight excluding hydrogens is 312 g/mol. The van der Waals surface area contributed by atoms with Crippen LogP contribution < -0.4 is 0 Å². The van der Waals surface area contributed by atoms with Gasteiger partial charge >= 0.3 is 17.9 Å². The van der Waals surface area contributed by atoms with Crippen LogP contribution in [-0.4, -0.2) is 37.7 Å². The molecule has 0 aromatic rings. The van der Waals surface area contributed by atoms with Gasteiger partial charge in [-0.05, 0) is 19.3 Å². The summed E-state index contributed by atoms with van der Waals surface area (Å²) < 4.78 is 15.1. The standard InChI is InChI=1S/C18H30O6/c1-4-7-10-22-16(19)13-15(18(21)24-12-9-6-3)14-17(20)23-11-8-5-2/h13H,4-12,14H2,1-3H3/b15-13-. The predicted octanol–water partition coefficient (Wildman–Crippen LogP) is 3.33. The molecule has 0 amide bonds. The highest BCUT2D eigenvalue weighted by Crippen LogP contribution is 2.08. The Labute approximate surface area is 144 Å². The van der Waals surface area contributed by atoms with Gasteiger partial charge in [-0.1, -0.05) is 40.0 Å². The Morgan fingerprint density at radius 3 is 1.79 bits per heavy atom. The molecule has 138 valence electrons. The Morgan fingerprint density at radius 2 is 1.25 bits per heavy atom. The molecule has 0 saturated heterocycles. The zero-order valence-electron chi connectivity index (χ0n) is 15.1. The maximum absolute atomic E-state index is 12.0. The first-order valence-corrected chi connectivity index (χ1v) is 8.75. The average molecular weight is 342 g/mol. The van der Waals surface area contributed by atoms with Crippen LogP contribution in [0, 0.1) is 0 Å². The lowest BCUT2D eigenvalue weighted by molar-refractivity contribution is -0.146. The van der Waals surface area contributed by atoms with Crippen molar-refractivity contribution in [3.05, 3.63) is 11.6 Å². The number of carbonyl (C=O) groups excluding carboxylic acids is 3. The van der Waals surface area contributed by atoms with Gasteiger partial charge in [-0.15, -0.1) is 0 Å². The van der Waals surface area contributed by atoms with Crippen LogP contribution in [0.25, 0.3) is 0 Å². The summed E-state index contributed by atoms with van der Waals surface area (Å²) in [7, 11) is 0. The first-order chi connectivity index (χ1) is 11.5. The van der Waals surface area contributed by atoms with Crippen molar-refractivity contribution in [2.24, 2.45) is 0 Å². The summed E-state index contributed by atoms with van der Waals surface area (Å²) in [5, 5.41) is 0. The van der Waals surface area contributed by atoms with Gasteiger partial charge < -0.3 is 14.2 Å². The van der Waals surface area contributed by atoms with Crippen LogP contribution in [0.5, 0.6) is 0 Å². The molecule has 0 aliphatic carbocycles. The quantitative estimate of drug-likeness (QED) is 0.221. The van der Waals surface area contributed by atoms with E-state index in [1.54, 1.807) is 0 Å². The first kappa shape index (κ1) is 22.1. The van der Waals surface area contributed by atoms with E-state index in [4.69, 9.17) is 14.2 Å². The minimum absolute atomic E-state index is 0.0332. The lowest BCUT2D eigenvalue weighted by Crippen LogP contribution is -2.16. The number of hydrogen-bond acceptors (Lipinski definition) is 6. The lowest BCUT2D eigenvalue weighted by Gasteiger charge is -2.09. The molecule has 0 aliphatic rings. The fourth-order valence-electron chi connectivity index (χ4n) is 1.62. The van der Waals surface area contributed by atoms with Crippen LogP contribution >= 0.6 is 0 Å². The van der Waals surface area contributed by atoms with Gasteiger partial charge in [0.25, 0.3) is 0 Å². The molecule has 0 fully saturated rings. The summed E-state index contributed by atoms with van der Waals surface area (Å²) in [5.74, 6) is -1.88. The Morgan fingerprint density at radius 1 is 0.750 bits per heavy atom. The smallest absolute Gasteiger partial charge is 0.334 e. The molecular formula is C18H30O6. The molecule has 0 N–H and O–H groups in total. The Balaban J connectivity index is 4.71. The minimum atomic E-state index is -0.677. The van der Waals surface area contributed by atoms with E-state index in [0.29, 0.717) is 6.61 Å². The molecule has 0 atom stereocenters. The third-order valence-electron chi connectivity index (χ3n) is 3.12. The van der Waals surface area contributed by atoms with Gasteiger partial charge in [-0.3, -0.25) is 4.79 Å². The highest BCUT2D eigenvalue weighted by atomic mass is 16.5. The molecule has 0 spiro atoms. The number of ether oxygens (including phenoxy) is 3. The lowest BCUT2D eigenvalue weighted by atomic mass is 10.1. The maximum atomic E-state index is 12.0. The highest BCUT2D eigenvalue weighted by molar-refractivity contribution is 5.99. The van der Waals surface area contributed by atoms with Crippen molar-refractivity contribution >= 4 is 17.9 Å². The summed E-state index contributed by atoms with van der Waals surface area (Å²) in [6.45, 7) is 6.77. The summed E-state index contributed by atoms with van der Waals surface area (Å²) in [6, 6.07) is 0. The van der Waals surface area contributed by atoms with Crippen molar-refractivity contribution in [1.82, 2.24) is 0 Å². The Kier molecular flexibility index (Phi) is 13.6. The summed E-state index contributed by atoms with van der Waals surface area (Å²) in [4.78, 5) is 35.6. The van der Waals surface area contributed by atoms with E-state index in [1.165, 1.54) is 0 Å². The van der Waals surface area contributed by atoms with E-state index in [9.17, 15) is 14.4 Å².